The zero-order chi connectivity index (χ0) is 24.4. The van der Waals surface area contributed by atoms with Crippen LogP contribution in [0.4, 0.5) is 0 Å². The molecule has 1 spiro atoms. The number of allylic oxidation sites excluding steroid dienone is 1. The monoisotopic (exact) mass is 470 g/mol. The van der Waals surface area contributed by atoms with E-state index in [2.05, 4.69) is 6.92 Å². The number of hydrogen-bond acceptors (Lipinski definition) is 6. The van der Waals surface area contributed by atoms with Gasteiger partial charge in [0.1, 0.15) is 23.4 Å². The van der Waals surface area contributed by atoms with E-state index in [0.717, 1.165) is 31.3 Å². The van der Waals surface area contributed by atoms with E-state index in [9.17, 15) is 19.8 Å². The lowest BCUT2D eigenvalue weighted by Crippen LogP contribution is -2.83. The molecule has 7 rings (SSSR count). The minimum Gasteiger partial charge on any atom is -0.456 e. The minimum atomic E-state index is -1.15. The highest BCUT2D eigenvalue weighted by molar-refractivity contribution is 5.97. The number of carbonyl (C=O) groups excluding carboxylic acids is 2. The van der Waals surface area contributed by atoms with Crippen LogP contribution < -0.4 is 0 Å². The molecule has 6 heteroatoms. The fourth-order valence-corrected chi connectivity index (χ4v) is 9.59. The van der Waals surface area contributed by atoms with Crippen molar-refractivity contribution in [2.24, 2.45) is 34.5 Å². The van der Waals surface area contributed by atoms with Gasteiger partial charge in [0, 0.05) is 12.0 Å². The summed E-state index contributed by atoms with van der Waals surface area (Å²) >= 11 is 0. The lowest BCUT2D eigenvalue weighted by molar-refractivity contribution is -0.399. The first kappa shape index (κ1) is 22.9. The van der Waals surface area contributed by atoms with Gasteiger partial charge in [0.05, 0.1) is 11.5 Å². The van der Waals surface area contributed by atoms with Crippen LogP contribution in [0.25, 0.3) is 0 Å². The third-order valence-electron chi connectivity index (χ3n) is 11.7. The second kappa shape index (κ2) is 6.83. The topological polar surface area (TPSA) is 93.1 Å². The summed E-state index contributed by atoms with van der Waals surface area (Å²) < 4.78 is 12.3. The van der Waals surface area contributed by atoms with E-state index in [4.69, 9.17) is 9.47 Å². The van der Waals surface area contributed by atoms with Crippen LogP contribution in [0, 0.1) is 34.5 Å². The van der Waals surface area contributed by atoms with Gasteiger partial charge in [-0.2, -0.15) is 0 Å². The van der Waals surface area contributed by atoms with Crippen LogP contribution >= 0.6 is 0 Å². The number of hydrogen-bond donors (Lipinski definition) is 2. The first-order valence-corrected chi connectivity index (χ1v) is 13.1. The molecule has 34 heavy (non-hydrogen) atoms. The Bertz CT molecular complexity index is 1030. The zero-order valence-electron chi connectivity index (χ0n) is 21.0. The molecule has 0 amide bonds. The van der Waals surface area contributed by atoms with E-state index in [1.54, 1.807) is 13.0 Å². The smallest absolute Gasteiger partial charge is 0.334 e. The summed E-state index contributed by atoms with van der Waals surface area (Å²) in [5.74, 6) is 0.234. The van der Waals surface area contributed by atoms with Gasteiger partial charge in [-0.15, -0.1) is 0 Å². The molecule has 0 aromatic rings. The van der Waals surface area contributed by atoms with Gasteiger partial charge in [-0.1, -0.05) is 18.6 Å². The first-order chi connectivity index (χ1) is 15.9. The lowest BCUT2D eigenvalue weighted by atomic mass is 9.39. The van der Waals surface area contributed by atoms with Crippen LogP contribution in [0.5, 0.6) is 0 Å². The average Bonchev–Trinajstić information content (AvgIpc) is 3.15. The van der Waals surface area contributed by atoms with E-state index in [-0.39, 0.29) is 46.9 Å². The molecule has 2 N–H and O–H groups in total. The second-order valence-electron chi connectivity index (χ2n) is 12.8. The van der Waals surface area contributed by atoms with Crippen LogP contribution in [0.15, 0.2) is 23.3 Å². The van der Waals surface area contributed by atoms with Crippen molar-refractivity contribution in [3.05, 3.63) is 23.3 Å². The Morgan fingerprint density at radius 2 is 1.85 bits per heavy atom. The number of ether oxygens (including phenoxy) is 2. The molecule has 2 bridgehead atoms. The molecular weight excluding hydrogens is 432 g/mol. The molecule has 7 aliphatic rings. The maximum atomic E-state index is 13.3. The molecule has 11 unspecified atom stereocenters. The van der Waals surface area contributed by atoms with Gasteiger partial charge in [-0.3, -0.25) is 4.79 Å². The molecular formula is C28H38O6. The number of aliphatic hydroxyl groups excluding tert-OH is 1. The van der Waals surface area contributed by atoms with Gasteiger partial charge in [0.25, 0.3) is 0 Å². The summed E-state index contributed by atoms with van der Waals surface area (Å²) in [6.45, 7) is 9.88. The number of cyclic esters (lactones) is 1. The third-order valence-corrected chi connectivity index (χ3v) is 11.7. The number of rotatable bonds is 2. The normalized spacial score (nSPS) is 53.3. The first-order valence-electron chi connectivity index (χ1n) is 13.1. The van der Waals surface area contributed by atoms with E-state index in [1.165, 1.54) is 0 Å². The number of esters is 1. The molecule has 11 atom stereocenters. The second-order valence-corrected chi connectivity index (χ2v) is 12.8. The highest BCUT2D eigenvalue weighted by Gasteiger charge is 2.79. The highest BCUT2D eigenvalue weighted by atomic mass is 16.6. The van der Waals surface area contributed by atoms with E-state index in [1.807, 2.05) is 26.8 Å². The molecule has 6 nitrogen and oxygen atoms in total. The Labute approximate surface area is 201 Å². The van der Waals surface area contributed by atoms with E-state index in [0.29, 0.717) is 18.4 Å². The van der Waals surface area contributed by atoms with Crippen LogP contribution in [0.1, 0.15) is 73.1 Å². The number of ketones is 1. The molecule has 3 heterocycles. The third kappa shape index (κ3) is 2.43. The molecule has 0 aromatic heterocycles. The van der Waals surface area contributed by atoms with Crippen molar-refractivity contribution >= 4 is 11.8 Å². The Morgan fingerprint density at radius 1 is 1.12 bits per heavy atom. The molecule has 3 aliphatic heterocycles. The summed E-state index contributed by atoms with van der Waals surface area (Å²) in [7, 11) is 0. The van der Waals surface area contributed by atoms with Crippen LogP contribution in [-0.4, -0.2) is 51.5 Å². The van der Waals surface area contributed by atoms with Crippen LogP contribution in [-0.2, 0) is 19.1 Å². The molecule has 3 saturated carbocycles. The number of aliphatic hydroxyl groups is 2. The van der Waals surface area contributed by atoms with Crippen molar-refractivity contribution in [3.8, 4) is 0 Å². The maximum Gasteiger partial charge on any atom is 0.334 e. The summed E-state index contributed by atoms with van der Waals surface area (Å²) in [4.78, 5) is 25.7. The molecule has 4 aliphatic carbocycles. The molecule has 0 radical (unpaired) electrons. The van der Waals surface area contributed by atoms with Gasteiger partial charge in [0.2, 0.25) is 0 Å². The van der Waals surface area contributed by atoms with Crippen LogP contribution in [0.2, 0.25) is 0 Å². The number of carbonyl (C=O) groups is 2. The number of fused-ring (bicyclic) bond motifs is 1. The molecule has 2 saturated heterocycles. The van der Waals surface area contributed by atoms with E-state index < -0.39 is 28.8 Å². The van der Waals surface area contributed by atoms with Crippen LogP contribution in [0.3, 0.4) is 0 Å². The Hall–Kier alpha value is -1.50. The molecule has 186 valence electrons. The van der Waals surface area contributed by atoms with Crippen molar-refractivity contribution in [1.29, 1.82) is 0 Å². The van der Waals surface area contributed by atoms with Gasteiger partial charge in [-0.25, -0.2) is 4.79 Å². The van der Waals surface area contributed by atoms with Crippen molar-refractivity contribution in [3.63, 3.8) is 0 Å². The predicted molar refractivity (Wildman–Crippen MR) is 125 cm³/mol. The van der Waals surface area contributed by atoms with Crippen molar-refractivity contribution in [2.45, 2.75) is 103 Å². The summed E-state index contributed by atoms with van der Waals surface area (Å²) in [6, 6.07) is 0. The van der Waals surface area contributed by atoms with Gasteiger partial charge in [-0.05, 0) is 95.0 Å². The standard InChI is InChI=1S/C28H38O6/c1-14-13-20(33-24(31)15(14)2)27(5,32)18-9-8-16-21-17(10-12-25(16,18)3)26(4)19(29)7-6-11-28(26)23(30)22(21)34-28/h6-7,16-18,20-23,30,32H,8-13H2,1-5H3. The Kier molecular flexibility index (Phi) is 4.61. The Morgan fingerprint density at radius 3 is 2.53 bits per heavy atom. The SMILES string of the molecule is CC1=C(C)C(=O)OC(C(C)(O)C2CCC3C4C5OC6(CC=CC(=O)C6(C)C4CCC32C)C5O)C1. The zero-order valence-corrected chi connectivity index (χ0v) is 21.0. The maximum absolute atomic E-state index is 13.3. The molecule has 5 fully saturated rings. The van der Waals surface area contributed by atoms with Crippen molar-refractivity contribution in [2.75, 3.05) is 0 Å². The predicted octanol–water partition coefficient (Wildman–Crippen LogP) is 3.50. The largest absolute Gasteiger partial charge is 0.456 e. The lowest BCUT2D eigenvalue weighted by Gasteiger charge is -2.73. The molecule has 0 aromatic carbocycles. The van der Waals surface area contributed by atoms with Crippen molar-refractivity contribution in [1.82, 2.24) is 0 Å². The van der Waals surface area contributed by atoms with Gasteiger partial charge >= 0.3 is 5.97 Å². The average molecular weight is 471 g/mol. The fourth-order valence-electron chi connectivity index (χ4n) is 9.59. The fraction of sp³-hybridized carbons (Fsp3) is 0.786. The summed E-state index contributed by atoms with van der Waals surface area (Å²) in [6.07, 6.45) is 6.83. The minimum absolute atomic E-state index is 0.0337. The van der Waals surface area contributed by atoms with Gasteiger partial charge < -0.3 is 19.7 Å². The van der Waals surface area contributed by atoms with E-state index >= 15 is 0 Å². The van der Waals surface area contributed by atoms with Gasteiger partial charge in [0.15, 0.2) is 5.78 Å². The highest BCUT2D eigenvalue weighted by Crippen LogP contribution is 2.73. The quantitative estimate of drug-likeness (QED) is 0.600. The Balaban J connectivity index is 1.34. The summed E-state index contributed by atoms with van der Waals surface area (Å²) in [5.41, 5.74) is -1.19. The van der Waals surface area contributed by atoms with Crippen molar-refractivity contribution < 1.29 is 29.3 Å². The summed E-state index contributed by atoms with van der Waals surface area (Å²) in [5, 5.41) is 23.3.